The first-order valence-corrected chi connectivity index (χ1v) is 23.0. The topological polar surface area (TPSA) is 59.1 Å². The standard InChI is InChI=1S/C49H90N2O4/c1-7-9-11-13-15-17-19-21-23-25-27-29-31-33-35-37-39-47(54-45-46(52)41-43-50(3)4)48(55-49(53)42-44-51(5)6)40-38-36-34-32-30-28-26-24-22-20-18-16-14-12-10-8-2/h15-18,21-24,47-48H,7-14,19-20,25-45H2,1-6H3/b17-15-,18-16-,23-21-,24-22-. The highest BCUT2D eigenvalue weighted by Gasteiger charge is 2.26. The maximum atomic E-state index is 13.0. The number of carbonyl (C=O) groups is 2. The van der Waals surface area contributed by atoms with Gasteiger partial charge in [-0.05, 0) is 112 Å². The summed E-state index contributed by atoms with van der Waals surface area (Å²) in [5, 5.41) is 0. The number of esters is 1. The van der Waals surface area contributed by atoms with E-state index in [2.05, 4.69) is 62.5 Å². The SMILES string of the molecule is CCCCC/C=C\C/C=C\CCCCCCCCC(OCC(=O)CCN(C)C)C(CCCCCCCC/C=C\C/C=C\CCCCC)OC(=O)CCN(C)C. The number of hydrogen-bond acceptors (Lipinski definition) is 6. The van der Waals surface area contributed by atoms with Crippen LogP contribution >= 0.6 is 0 Å². The van der Waals surface area contributed by atoms with Gasteiger partial charge in [-0.25, -0.2) is 0 Å². The number of ether oxygens (including phenoxy) is 2. The van der Waals surface area contributed by atoms with Gasteiger partial charge in [0, 0.05) is 19.5 Å². The second-order valence-corrected chi connectivity index (χ2v) is 16.3. The van der Waals surface area contributed by atoms with Gasteiger partial charge in [0.1, 0.15) is 12.7 Å². The van der Waals surface area contributed by atoms with Gasteiger partial charge in [-0.3, -0.25) is 9.59 Å². The molecule has 2 unspecified atom stereocenters. The minimum absolute atomic E-state index is 0.0934. The van der Waals surface area contributed by atoms with Gasteiger partial charge >= 0.3 is 5.97 Å². The highest BCUT2D eigenvalue weighted by molar-refractivity contribution is 5.79. The van der Waals surface area contributed by atoms with Crippen molar-refractivity contribution in [2.75, 3.05) is 47.9 Å². The predicted molar refractivity (Wildman–Crippen MR) is 239 cm³/mol. The zero-order valence-corrected chi connectivity index (χ0v) is 37.2. The van der Waals surface area contributed by atoms with Crippen LogP contribution in [0.2, 0.25) is 0 Å². The Morgan fingerprint density at radius 2 is 0.855 bits per heavy atom. The Labute approximate surface area is 342 Å². The second kappa shape index (κ2) is 41.6. The van der Waals surface area contributed by atoms with Crippen molar-refractivity contribution in [1.82, 2.24) is 9.80 Å². The van der Waals surface area contributed by atoms with Crippen LogP contribution in [0.4, 0.5) is 0 Å². The van der Waals surface area contributed by atoms with E-state index in [0.717, 1.165) is 64.2 Å². The lowest BCUT2D eigenvalue weighted by Crippen LogP contribution is -2.36. The van der Waals surface area contributed by atoms with Gasteiger partial charge in [0.05, 0.1) is 12.5 Å². The molecule has 0 aromatic rings. The Kier molecular flexibility index (Phi) is 40.1. The lowest BCUT2D eigenvalue weighted by atomic mass is 9.98. The van der Waals surface area contributed by atoms with Crippen molar-refractivity contribution in [3.05, 3.63) is 48.6 Å². The van der Waals surface area contributed by atoms with Crippen LogP contribution in [-0.4, -0.2) is 81.6 Å². The monoisotopic (exact) mass is 771 g/mol. The smallest absolute Gasteiger partial charge is 0.307 e. The quantitative estimate of drug-likeness (QED) is 0.0350. The van der Waals surface area contributed by atoms with Crippen molar-refractivity contribution in [3.8, 4) is 0 Å². The number of rotatable bonds is 41. The number of unbranched alkanes of at least 4 members (excludes halogenated alkanes) is 18. The number of allylic oxidation sites excluding steroid dienone is 8. The number of nitrogens with zero attached hydrogens (tertiary/aromatic N) is 2. The van der Waals surface area contributed by atoms with E-state index < -0.39 is 0 Å². The zero-order valence-electron chi connectivity index (χ0n) is 37.2. The molecule has 55 heavy (non-hydrogen) atoms. The van der Waals surface area contributed by atoms with Gasteiger partial charge in [0.25, 0.3) is 0 Å². The molecule has 0 aliphatic heterocycles. The first-order chi connectivity index (χ1) is 26.8. The van der Waals surface area contributed by atoms with E-state index in [4.69, 9.17) is 9.47 Å². The summed E-state index contributed by atoms with van der Waals surface area (Å²) < 4.78 is 12.5. The molecule has 0 spiro atoms. The highest BCUT2D eigenvalue weighted by atomic mass is 16.6. The molecule has 0 aliphatic carbocycles. The second-order valence-electron chi connectivity index (χ2n) is 16.3. The van der Waals surface area contributed by atoms with Crippen molar-refractivity contribution in [2.45, 2.75) is 206 Å². The van der Waals surface area contributed by atoms with Crippen LogP contribution in [0.5, 0.6) is 0 Å². The molecule has 0 rings (SSSR count). The predicted octanol–water partition coefficient (Wildman–Crippen LogP) is 13.2. The Morgan fingerprint density at radius 1 is 0.473 bits per heavy atom. The lowest BCUT2D eigenvalue weighted by Gasteiger charge is -2.28. The summed E-state index contributed by atoms with van der Waals surface area (Å²) >= 11 is 0. The molecule has 0 aromatic heterocycles. The van der Waals surface area contributed by atoms with Gasteiger partial charge in [-0.15, -0.1) is 0 Å². The molecule has 6 heteroatoms. The molecule has 0 heterocycles. The van der Waals surface area contributed by atoms with Crippen molar-refractivity contribution in [3.63, 3.8) is 0 Å². The van der Waals surface area contributed by atoms with E-state index >= 15 is 0 Å². The zero-order chi connectivity index (χ0) is 40.5. The normalized spacial score (nSPS) is 13.5. The summed E-state index contributed by atoms with van der Waals surface area (Å²) in [6.07, 6.45) is 49.4. The third kappa shape index (κ3) is 40.0. The van der Waals surface area contributed by atoms with Crippen LogP contribution in [0.25, 0.3) is 0 Å². The van der Waals surface area contributed by atoms with E-state index in [1.54, 1.807) is 0 Å². The van der Waals surface area contributed by atoms with Gasteiger partial charge in [-0.1, -0.05) is 146 Å². The van der Waals surface area contributed by atoms with Crippen molar-refractivity contribution in [2.24, 2.45) is 0 Å². The molecule has 0 bridgehead atoms. The molecular formula is C49H90N2O4. The lowest BCUT2D eigenvalue weighted by molar-refractivity contribution is -0.160. The molecule has 320 valence electrons. The minimum atomic E-state index is -0.305. The van der Waals surface area contributed by atoms with Gasteiger partial charge in [0.2, 0.25) is 0 Å². The van der Waals surface area contributed by atoms with E-state index in [1.807, 2.05) is 38.0 Å². The van der Waals surface area contributed by atoms with Crippen LogP contribution < -0.4 is 0 Å². The number of hydrogen-bond donors (Lipinski definition) is 0. The maximum Gasteiger partial charge on any atom is 0.307 e. The molecule has 0 radical (unpaired) electrons. The van der Waals surface area contributed by atoms with Crippen molar-refractivity contribution in [1.29, 1.82) is 0 Å². The number of Topliss-reactive ketones (excluding diaryl/α,β-unsaturated/α-hetero) is 1. The molecule has 0 saturated carbocycles. The van der Waals surface area contributed by atoms with E-state index in [1.165, 1.54) is 103 Å². The summed E-state index contributed by atoms with van der Waals surface area (Å²) in [4.78, 5) is 29.8. The molecule has 0 aliphatic rings. The minimum Gasteiger partial charge on any atom is -0.460 e. The third-order valence-electron chi connectivity index (χ3n) is 10.1. The number of carbonyl (C=O) groups excluding carboxylic acids is 2. The van der Waals surface area contributed by atoms with E-state index in [-0.39, 0.29) is 30.6 Å². The van der Waals surface area contributed by atoms with Gasteiger partial charge in [0.15, 0.2) is 5.78 Å². The first-order valence-electron chi connectivity index (χ1n) is 23.0. The molecule has 0 aromatic carbocycles. The van der Waals surface area contributed by atoms with Crippen LogP contribution in [-0.2, 0) is 19.1 Å². The molecule has 0 saturated heterocycles. The Bertz CT molecular complexity index is 970. The van der Waals surface area contributed by atoms with Gasteiger partial charge < -0.3 is 19.3 Å². The fourth-order valence-electron chi connectivity index (χ4n) is 6.53. The van der Waals surface area contributed by atoms with Crippen molar-refractivity contribution >= 4 is 11.8 Å². The first kappa shape index (κ1) is 53.0. The maximum absolute atomic E-state index is 13.0. The third-order valence-corrected chi connectivity index (χ3v) is 10.1. The highest BCUT2D eigenvalue weighted by Crippen LogP contribution is 2.21. The largest absolute Gasteiger partial charge is 0.460 e. The summed E-state index contributed by atoms with van der Waals surface area (Å²) in [7, 11) is 7.93. The van der Waals surface area contributed by atoms with Crippen LogP contribution in [0.15, 0.2) is 48.6 Å². The molecule has 6 nitrogen and oxygen atoms in total. The molecule has 0 amide bonds. The van der Waals surface area contributed by atoms with Gasteiger partial charge in [-0.2, -0.15) is 0 Å². The molecular weight excluding hydrogens is 681 g/mol. The summed E-state index contributed by atoms with van der Waals surface area (Å²) in [6, 6.07) is 0. The Hall–Kier alpha value is -2.02. The summed E-state index contributed by atoms with van der Waals surface area (Å²) in [6.45, 7) is 5.98. The Balaban J connectivity index is 4.83. The van der Waals surface area contributed by atoms with Crippen molar-refractivity contribution < 1.29 is 19.1 Å². The number of ketones is 1. The van der Waals surface area contributed by atoms with E-state index in [9.17, 15) is 9.59 Å². The average molecular weight is 771 g/mol. The average Bonchev–Trinajstić information content (AvgIpc) is 3.16. The summed E-state index contributed by atoms with van der Waals surface area (Å²) in [5.74, 6) is -0.0505. The summed E-state index contributed by atoms with van der Waals surface area (Å²) in [5.41, 5.74) is 0. The molecule has 0 N–H and O–H groups in total. The fourth-order valence-corrected chi connectivity index (χ4v) is 6.53. The Morgan fingerprint density at radius 3 is 1.29 bits per heavy atom. The fraction of sp³-hybridized carbons (Fsp3) is 0.796. The van der Waals surface area contributed by atoms with Crippen LogP contribution in [0.3, 0.4) is 0 Å². The molecule has 2 atom stereocenters. The van der Waals surface area contributed by atoms with Crippen LogP contribution in [0.1, 0.15) is 194 Å². The molecule has 0 fully saturated rings. The van der Waals surface area contributed by atoms with E-state index in [0.29, 0.717) is 25.9 Å². The van der Waals surface area contributed by atoms with Crippen LogP contribution in [0, 0.1) is 0 Å².